The molecule has 0 N–H and O–H groups in total. The van der Waals surface area contributed by atoms with Crippen molar-refractivity contribution >= 4 is 0 Å². The summed E-state index contributed by atoms with van der Waals surface area (Å²) in [6.45, 7) is 8.74. The lowest BCUT2D eigenvalue weighted by Crippen LogP contribution is -2.41. The van der Waals surface area contributed by atoms with E-state index in [9.17, 15) is 4.39 Å². The maximum Gasteiger partial charge on any atom is 0.228 e. The third-order valence-electron chi connectivity index (χ3n) is 1.53. The fraction of sp³-hybridized carbons (Fsp3) is 1.00. The van der Waals surface area contributed by atoms with Crippen molar-refractivity contribution in [1.82, 2.24) is 0 Å². The van der Waals surface area contributed by atoms with Crippen LogP contribution in [0.1, 0.15) is 34.6 Å². The van der Waals surface area contributed by atoms with Crippen LogP contribution in [-0.2, 0) is 9.47 Å². The topological polar surface area (TPSA) is 18.5 Å². The largest absolute Gasteiger partial charge is 0.373 e. The Morgan fingerprint density at radius 3 is 1.75 bits per heavy atom. The Labute approximate surface area is 74.1 Å². The van der Waals surface area contributed by atoms with E-state index in [-0.39, 0.29) is 0 Å². The summed E-state index contributed by atoms with van der Waals surface area (Å²) in [5, 5.41) is 0. The van der Waals surface area contributed by atoms with Crippen LogP contribution < -0.4 is 0 Å². The van der Waals surface area contributed by atoms with E-state index >= 15 is 0 Å². The lowest BCUT2D eigenvalue weighted by atomic mass is 10.1. The molecule has 0 bridgehead atoms. The quantitative estimate of drug-likeness (QED) is 0.661. The summed E-state index contributed by atoms with van der Waals surface area (Å²) in [7, 11) is 1.47. The van der Waals surface area contributed by atoms with E-state index in [2.05, 4.69) is 0 Å². The van der Waals surface area contributed by atoms with E-state index in [0.717, 1.165) is 0 Å². The van der Waals surface area contributed by atoms with Gasteiger partial charge in [-0.3, -0.25) is 0 Å². The predicted octanol–water partition coefficient (Wildman–Crippen LogP) is 2.52. The molecular formula is C9H19FO2. The second-order valence-corrected chi connectivity index (χ2v) is 4.35. The Morgan fingerprint density at radius 1 is 1.08 bits per heavy atom. The Bertz CT molecular complexity index is 138. The number of ether oxygens (including phenoxy) is 2. The van der Waals surface area contributed by atoms with Crippen molar-refractivity contribution in [1.29, 1.82) is 0 Å². The first-order valence-electron chi connectivity index (χ1n) is 4.06. The highest BCUT2D eigenvalue weighted by molar-refractivity contribution is 4.74. The van der Waals surface area contributed by atoms with Crippen molar-refractivity contribution in [3.63, 3.8) is 0 Å². The maximum atomic E-state index is 13.3. The first-order chi connectivity index (χ1) is 5.19. The van der Waals surface area contributed by atoms with Crippen molar-refractivity contribution in [2.75, 3.05) is 7.11 Å². The molecule has 1 unspecified atom stereocenters. The molecule has 0 aromatic carbocycles. The van der Waals surface area contributed by atoms with Gasteiger partial charge in [0.1, 0.15) is 5.60 Å². The minimum absolute atomic E-state index is 0.477. The van der Waals surface area contributed by atoms with Crippen LogP contribution in [0.15, 0.2) is 0 Å². The molecule has 0 saturated heterocycles. The highest BCUT2D eigenvalue weighted by atomic mass is 19.1. The minimum Gasteiger partial charge on any atom is -0.373 e. The smallest absolute Gasteiger partial charge is 0.228 e. The van der Waals surface area contributed by atoms with Gasteiger partial charge in [0.2, 0.25) is 6.36 Å². The lowest BCUT2D eigenvalue weighted by molar-refractivity contribution is -0.211. The molecule has 0 aliphatic heterocycles. The summed E-state index contributed by atoms with van der Waals surface area (Å²) in [5.74, 6) is 0. The Morgan fingerprint density at radius 2 is 1.50 bits per heavy atom. The summed E-state index contributed by atoms with van der Waals surface area (Å²) in [5.41, 5.74) is -1.36. The third-order valence-corrected chi connectivity index (χ3v) is 1.53. The van der Waals surface area contributed by atoms with E-state index in [4.69, 9.17) is 9.47 Å². The summed E-state index contributed by atoms with van der Waals surface area (Å²) >= 11 is 0. The van der Waals surface area contributed by atoms with Crippen molar-refractivity contribution in [2.45, 2.75) is 52.2 Å². The zero-order chi connectivity index (χ0) is 9.99. The van der Waals surface area contributed by atoms with Crippen molar-refractivity contribution in [2.24, 2.45) is 0 Å². The van der Waals surface area contributed by atoms with Crippen LogP contribution in [0, 0.1) is 0 Å². The molecule has 2 nitrogen and oxygen atoms in total. The molecule has 0 amide bonds. The Balaban J connectivity index is 4.13. The maximum absolute atomic E-state index is 13.3. The summed E-state index contributed by atoms with van der Waals surface area (Å²) in [6, 6.07) is 0. The minimum atomic E-state index is -1.40. The van der Waals surface area contributed by atoms with Crippen LogP contribution in [0.3, 0.4) is 0 Å². The van der Waals surface area contributed by atoms with Crippen molar-refractivity contribution < 1.29 is 13.9 Å². The summed E-state index contributed by atoms with van der Waals surface area (Å²) in [6.07, 6.45) is -1.40. The molecule has 1 atom stereocenters. The second-order valence-electron chi connectivity index (χ2n) is 4.35. The zero-order valence-electron chi connectivity index (χ0n) is 8.77. The lowest BCUT2D eigenvalue weighted by Gasteiger charge is -2.32. The highest BCUT2D eigenvalue weighted by Gasteiger charge is 2.33. The number of rotatable bonds is 3. The number of halogens is 1. The molecule has 0 spiro atoms. The van der Waals surface area contributed by atoms with Gasteiger partial charge < -0.3 is 9.47 Å². The van der Waals surface area contributed by atoms with Crippen LogP contribution in [0.25, 0.3) is 0 Å². The van der Waals surface area contributed by atoms with Gasteiger partial charge in [0.15, 0.2) is 0 Å². The first kappa shape index (κ1) is 11.8. The average Bonchev–Trinajstić information content (AvgIpc) is 1.84. The zero-order valence-corrected chi connectivity index (χ0v) is 8.77. The van der Waals surface area contributed by atoms with E-state index < -0.39 is 17.6 Å². The summed E-state index contributed by atoms with van der Waals surface area (Å²) < 4.78 is 23.4. The van der Waals surface area contributed by atoms with Gasteiger partial charge in [-0.05, 0) is 34.6 Å². The SMILES string of the molecule is COC(C)(C)C(F)OC(C)(C)C. The Hall–Kier alpha value is -0.150. The fourth-order valence-electron chi connectivity index (χ4n) is 0.545. The molecular weight excluding hydrogens is 159 g/mol. The van der Waals surface area contributed by atoms with Crippen LogP contribution in [-0.4, -0.2) is 24.7 Å². The molecule has 0 heterocycles. The van der Waals surface area contributed by atoms with Crippen LogP contribution in [0.4, 0.5) is 4.39 Å². The number of hydrogen-bond donors (Lipinski definition) is 0. The standard InChI is InChI=1S/C9H19FO2/c1-8(2,3)12-7(10)9(4,5)11-6/h7H,1-6H3. The van der Waals surface area contributed by atoms with Gasteiger partial charge in [0.25, 0.3) is 0 Å². The molecule has 0 aliphatic rings. The van der Waals surface area contributed by atoms with Gasteiger partial charge in [-0.2, -0.15) is 0 Å². The molecule has 3 heteroatoms. The van der Waals surface area contributed by atoms with E-state index in [1.807, 2.05) is 20.8 Å². The second kappa shape index (κ2) is 3.71. The van der Waals surface area contributed by atoms with E-state index in [1.54, 1.807) is 13.8 Å². The van der Waals surface area contributed by atoms with Gasteiger partial charge in [0, 0.05) is 7.11 Å². The molecule has 0 fully saturated rings. The van der Waals surface area contributed by atoms with Gasteiger partial charge in [-0.15, -0.1) is 0 Å². The molecule has 0 aromatic heterocycles. The van der Waals surface area contributed by atoms with E-state index in [0.29, 0.717) is 0 Å². The number of alkyl halides is 1. The van der Waals surface area contributed by atoms with Crippen molar-refractivity contribution in [3.8, 4) is 0 Å². The number of hydrogen-bond acceptors (Lipinski definition) is 2. The summed E-state index contributed by atoms with van der Waals surface area (Å²) in [4.78, 5) is 0. The fourth-order valence-corrected chi connectivity index (χ4v) is 0.545. The van der Waals surface area contributed by atoms with Gasteiger partial charge >= 0.3 is 0 Å². The number of methoxy groups -OCH3 is 1. The van der Waals surface area contributed by atoms with Crippen molar-refractivity contribution in [3.05, 3.63) is 0 Å². The normalized spacial score (nSPS) is 16.2. The van der Waals surface area contributed by atoms with Crippen LogP contribution in [0.2, 0.25) is 0 Å². The van der Waals surface area contributed by atoms with Gasteiger partial charge in [-0.25, -0.2) is 4.39 Å². The molecule has 0 radical (unpaired) electrons. The van der Waals surface area contributed by atoms with Gasteiger partial charge in [-0.1, -0.05) is 0 Å². The monoisotopic (exact) mass is 178 g/mol. The highest BCUT2D eigenvalue weighted by Crippen LogP contribution is 2.23. The first-order valence-corrected chi connectivity index (χ1v) is 4.06. The van der Waals surface area contributed by atoms with Gasteiger partial charge in [0.05, 0.1) is 5.60 Å². The molecule has 0 aromatic rings. The average molecular weight is 178 g/mol. The molecule has 12 heavy (non-hydrogen) atoms. The van der Waals surface area contributed by atoms with Crippen LogP contribution in [0.5, 0.6) is 0 Å². The van der Waals surface area contributed by atoms with Crippen LogP contribution >= 0.6 is 0 Å². The molecule has 74 valence electrons. The van der Waals surface area contributed by atoms with E-state index in [1.165, 1.54) is 7.11 Å². The molecule has 0 saturated carbocycles. The third kappa shape index (κ3) is 4.02. The predicted molar refractivity (Wildman–Crippen MR) is 46.8 cm³/mol. The molecule has 0 rings (SSSR count). The Kier molecular flexibility index (Phi) is 3.66. The molecule has 0 aliphatic carbocycles.